The first-order valence-electron chi connectivity index (χ1n) is 9.80. The molecule has 3 unspecified atom stereocenters. The molecule has 150 valence electrons. The maximum Gasteiger partial charge on any atom is 0.154 e. The molecular weight excluding hydrogens is 359 g/mol. The number of hydrogen-bond donors (Lipinski definition) is 3. The average Bonchev–Trinajstić information content (AvgIpc) is 3.11. The molecule has 1 saturated heterocycles. The Bertz CT molecular complexity index is 805. The molecule has 1 fully saturated rings. The van der Waals surface area contributed by atoms with Crippen LogP contribution in [-0.4, -0.2) is 53.1 Å². The molecule has 2 aliphatic heterocycles. The molecule has 0 radical (unpaired) electrons. The van der Waals surface area contributed by atoms with Crippen LogP contribution in [-0.2, 0) is 0 Å². The predicted octanol–water partition coefficient (Wildman–Crippen LogP) is 2.27. The maximum absolute atomic E-state index is 13.1. The third kappa shape index (κ3) is 3.74. The molecule has 2 aromatic rings. The summed E-state index contributed by atoms with van der Waals surface area (Å²) in [6.07, 6.45) is 0.769. The molecule has 0 aliphatic carbocycles. The van der Waals surface area contributed by atoms with Crippen molar-refractivity contribution in [3.8, 4) is 0 Å². The van der Waals surface area contributed by atoms with Crippen molar-refractivity contribution in [3.63, 3.8) is 0 Å². The first kappa shape index (κ1) is 18.9. The number of anilines is 3. The van der Waals surface area contributed by atoms with E-state index in [0.717, 1.165) is 36.8 Å². The molecule has 0 saturated carbocycles. The molecule has 4 heterocycles. The molecule has 3 N–H and O–H groups in total. The van der Waals surface area contributed by atoms with Crippen LogP contribution in [0.4, 0.5) is 21.7 Å². The number of halogens is 1. The summed E-state index contributed by atoms with van der Waals surface area (Å²) in [6.45, 7) is 5.59. The smallest absolute Gasteiger partial charge is 0.154 e. The van der Waals surface area contributed by atoms with Crippen LogP contribution in [0.1, 0.15) is 32.2 Å². The number of pyridine rings is 2. The molecule has 2 bridgehead atoms. The van der Waals surface area contributed by atoms with Gasteiger partial charge in [0.1, 0.15) is 18.2 Å². The molecule has 2 aliphatic rings. The van der Waals surface area contributed by atoms with Crippen LogP contribution in [0.25, 0.3) is 0 Å². The number of nitrogens with zero attached hydrogens (tertiary/aromatic N) is 4. The molecule has 0 spiro atoms. The van der Waals surface area contributed by atoms with Gasteiger partial charge in [-0.15, -0.1) is 0 Å². The topological polar surface area (TPSA) is 76.5 Å². The summed E-state index contributed by atoms with van der Waals surface area (Å²) in [7, 11) is 0. The molecule has 28 heavy (non-hydrogen) atoms. The second-order valence-corrected chi connectivity index (χ2v) is 7.50. The largest absolute Gasteiger partial charge is 0.373 e. The summed E-state index contributed by atoms with van der Waals surface area (Å²) in [5, 5.41) is 16.6. The van der Waals surface area contributed by atoms with Crippen molar-refractivity contribution in [1.82, 2.24) is 15.3 Å². The van der Waals surface area contributed by atoms with E-state index in [1.54, 1.807) is 6.20 Å². The molecule has 0 amide bonds. The lowest BCUT2D eigenvalue weighted by atomic mass is 10.1. The van der Waals surface area contributed by atoms with Crippen LogP contribution in [0.5, 0.6) is 0 Å². The van der Waals surface area contributed by atoms with Crippen molar-refractivity contribution < 1.29 is 9.50 Å². The van der Waals surface area contributed by atoms with E-state index < -0.39 is 12.4 Å². The van der Waals surface area contributed by atoms with Crippen LogP contribution in [0.3, 0.4) is 0 Å². The maximum atomic E-state index is 13.1. The van der Waals surface area contributed by atoms with Gasteiger partial charge < -0.3 is 20.2 Å². The fraction of sp³-hybridized carbons (Fsp3) is 0.500. The van der Waals surface area contributed by atoms with Crippen molar-refractivity contribution >= 4 is 17.3 Å². The van der Waals surface area contributed by atoms with Gasteiger partial charge in [-0.2, -0.15) is 0 Å². The normalized spacial score (nSPS) is 21.2. The van der Waals surface area contributed by atoms with Crippen LogP contribution in [0.15, 0.2) is 36.5 Å². The first-order valence-corrected chi connectivity index (χ1v) is 9.80. The molecule has 2 aromatic heterocycles. The third-order valence-corrected chi connectivity index (χ3v) is 5.33. The molecule has 4 rings (SSSR count). The summed E-state index contributed by atoms with van der Waals surface area (Å²) < 4.78 is 13.1. The molecule has 8 heteroatoms. The Morgan fingerprint density at radius 1 is 1.29 bits per heavy atom. The van der Waals surface area contributed by atoms with E-state index in [0.29, 0.717) is 11.7 Å². The predicted molar refractivity (Wildman–Crippen MR) is 108 cm³/mol. The van der Waals surface area contributed by atoms with Crippen molar-refractivity contribution in [2.24, 2.45) is 0 Å². The molecule has 7 nitrogen and oxygen atoms in total. The van der Waals surface area contributed by atoms with Gasteiger partial charge >= 0.3 is 0 Å². The Morgan fingerprint density at radius 3 is 2.89 bits per heavy atom. The van der Waals surface area contributed by atoms with E-state index in [4.69, 9.17) is 4.98 Å². The Balaban J connectivity index is 1.61. The minimum Gasteiger partial charge on any atom is -0.373 e. The van der Waals surface area contributed by atoms with E-state index in [9.17, 15) is 9.50 Å². The van der Waals surface area contributed by atoms with E-state index in [-0.39, 0.29) is 12.7 Å². The number of rotatable bonds is 7. The van der Waals surface area contributed by atoms with Crippen LogP contribution < -0.4 is 20.4 Å². The van der Waals surface area contributed by atoms with Crippen LogP contribution >= 0.6 is 0 Å². The SMILES string of the molecule is CC(F)CNC(O)c1ccc2c(n1)N(C(C)Nc1ccccn1)[C@H]1CCN2C1. The van der Waals surface area contributed by atoms with Gasteiger partial charge in [-0.05, 0) is 44.5 Å². The summed E-state index contributed by atoms with van der Waals surface area (Å²) in [6, 6.07) is 9.95. The Morgan fingerprint density at radius 2 is 2.14 bits per heavy atom. The van der Waals surface area contributed by atoms with Gasteiger partial charge in [-0.1, -0.05) is 6.07 Å². The number of alkyl halides is 1. The quantitative estimate of drug-likeness (QED) is 0.630. The zero-order chi connectivity index (χ0) is 19.7. The Kier molecular flexibility index (Phi) is 5.32. The van der Waals surface area contributed by atoms with Gasteiger partial charge in [0.15, 0.2) is 5.82 Å². The van der Waals surface area contributed by atoms with E-state index in [2.05, 4.69) is 32.3 Å². The lowest BCUT2D eigenvalue weighted by Gasteiger charge is -2.41. The first-order chi connectivity index (χ1) is 13.5. The molecule has 0 aromatic carbocycles. The molecular formula is C20H27FN6O. The standard InChI is InChI=1S/C20H27FN6O/c1-13(21)11-23-20(28)16-6-7-17-19(25-16)27(15-8-10-26(17)12-15)14(2)24-18-5-3-4-9-22-18/h3-7,9,13-15,20,23,28H,8,10-12H2,1-2H3,(H,22,24)/t13?,14?,15-,20?/m0/s1. The summed E-state index contributed by atoms with van der Waals surface area (Å²) >= 11 is 0. The third-order valence-electron chi connectivity index (χ3n) is 5.33. The highest BCUT2D eigenvalue weighted by Crippen LogP contribution is 2.40. The second-order valence-electron chi connectivity index (χ2n) is 7.50. The van der Waals surface area contributed by atoms with Crippen LogP contribution in [0.2, 0.25) is 0 Å². The van der Waals surface area contributed by atoms with Gasteiger partial charge in [0.25, 0.3) is 0 Å². The Hall–Kier alpha value is -2.45. The minimum atomic E-state index is -1.03. The van der Waals surface area contributed by atoms with E-state index in [1.165, 1.54) is 6.92 Å². The average molecular weight is 386 g/mol. The van der Waals surface area contributed by atoms with Gasteiger partial charge in [0.05, 0.1) is 23.6 Å². The van der Waals surface area contributed by atoms with Gasteiger partial charge in [0, 0.05) is 25.8 Å². The van der Waals surface area contributed by atoms with Gasteiger partial charge in [-0.25, -0.2) is 14.4 Å². The van der Waals surface area contributed by atoms with Crippen molar-refractivity contribution in [1.29, 1.82) is 0 Å². The summed E-state index contributed by atoms with van der Waals surface area (Å²) in [4.78, 5) is 13.7. The van der Waals surface area contributed by atoms with E-state index in [1.807, 2.05) is 30.3 Å². The number of aromatic nitrogens is 2. The molecule has 4 atom stereocenters. The number of fused-ring (bicyclic) bond motifs is 4. The minimum absolute atomic E-state index is 0.0161. The highest BCUT2D eigenvalue weighted by atomic mass is 19.1. The highest BCUT2D eigenvalue weighted by Gasteiger charge is 2.39. The number of aliphatic hydroxyl groups is 1. The second kappa shape index (κ2) is 7.89. The monoisotopic (exact) mass is 386 g/mol. The summed E-state index contributed by atoms with van der Waals surface area (Å²) in [5.74, 6) is 1.66. The fourth-order valence-electron chi connectivity index (χ4n) is 4.02. The van der Waals surface area contributed by atoms with Crippen molar-refractivity contribution in [3.05, 3.63) is 42.2 Å². The van der Waals surface area contributed by atoms with Crippen LogP contribution in [0, 0.1) is 0 Å². The zero-order valence-electron chi connectivity index (χ0n) is 16.2. The number of nitrogens with one attached hydrogen (secondary N) is 2. The summed E-state index contributed by atoms with van der Waals surface area (Å²) in [5.41, 5.74) is 1.56. The lowest BCUT2D eigenvalue weighted by molar-refractivity contribution is 0.124. The highest BCUT2D eigenvalue weighted by molar-refractivity contribution is 5.72. The number of aliphatic hydroxyl groups excluding tert-OH is 1. The van der Waals surface area contributed by atoms with E-state index >= 15 is 0 Å². The van der Waals surface area contributed by atoms with Gasteiger partial charge in [0.2, 0.25) is 0 Å². The van der Waals surface area contributed by atoms with Crippen molar-refractivity contribution in [2.45, 2.75) is 44.9 Å². The Labute approximate surface area is 164 Å². The zero-order valence-corrected chi connectivity index (χ0v) is 16.2. The fourth-order valence-corrected chi connectivity index (χ4v) is 4.02. The lowest BCUT2D eigenvalue weighted by Crippen LogP contribution is -2.50. The number of hydrogen-bond acceptors (Lipinski definition) is 7. The van der Waals surface area contributed by atoms with Crippen molar-refractivity contribution in [2.75, 3.05) is 34.8 Å². The van der Waals surface area contributed by atoms with Gasteiger partial charge in [-0.3, -0.25) is 5.32 Å².